The van der Waals surface area contributed by atoms with E-state index < -0.39 is 0 Å². The van der Waals surface area contributed by atoms with Gasteiger partial charge in [-0.3, -0.25) is 0 Å². The van der Waals surface area contributed by atoms with E-state index in [1.165, 1.54) is 24.1 Å². The van der Waals surface area contributed by atoms with Crippen molar-refractivity contribution in [3.8, 4) is 0 Å². The molecule has 3 rings (SSSR count). The molecule has 0 radical (unpaired) electrons. The molecule has 3 nitrogen and oxygen atoms in total. The van der Waals surface area contributed by atoms with Crippen LogP contribution in [0.4, 0.5) is 5.69 Å². The molecule has 0 N–H and O–H groups in total. The molecule has 1 aromatic carbocycles. The first-order chi connectivity index (χ1) is 8.65. The monoisotopic (exact) mass is 243 g/mol. The summed E-state index contributed by atoms with van der Waals surface area (Å²) in [5.41, 5.74) is 3.87. The van der Waals surface area contributed by atoms with E-state index in [9.17, 15) is 4.79 Å². The molecule has 2 heterocycles. The molecule has 1 aliphatic rings. The van der Waals surface area contributed by atoms with Gasteiger partial charge in [0.2, 0.25) is 0 Å². The fraction of sp³-hybridized carbons (Fsp3) is 0.400. The Hall–Kier alpha value is -1.77. The third-order valence-corrected chi connectivity index (χ3v) is 3.71. The van der Waals surface area contributed by atoms with Gasteiger partial charge < -0.3 is 9.32 Å². The lowest BCUT2D eigenvalue weighted by Crippen LogP contribution is -2.18. The molecule has 0 amide bonds. The van der Waals surface area contributed by atoms with Crippen molar-refractivity contribution in [2.24, 2.45) is 0 Å². The van der Waals surface area contributed by atoms with Crippen LogP contribution >= 0.6 is 0 Å². The first-order valence-electron chi connectivity index (χ1n) is 6.45. The Kier molecular flexibility index (Phi) is 2.62. The number of benzene rings is 1. The normalized spacial score (nSPS) is 15.6. The van der Waals surface area contributed by atoms with Crippen molar-refractivity contribution in [3.05, 3.63) is 39.7 Å². The molecule has 0 bridgehead atoms. The van der Waals surface area contributed by atoms with Crippen LogP contribution in [-0.2, 0) is 0 Å². The maximum atomic E-state index is 11.4. The fourth-order valence-corrected chi connectivity index (χ4v) is 2.75. The van der Waals surface area contributed by atoms with E-state index >= 15 is 0 Å². The Morgan fingerprint density at radius 2 is 1.78 bits per heavy atom. The second-order valence-corrected chi connectivity index (χ2v) is 5.08. The van der Waals surface area contributed by atoms with Crippen LogP contribution < -0.4 is 10.5 Å². The zero-order valence-electron chi connectivity index (χ0n) is 10.8. The smallest absolute Gasteiger partial charge is 0.336 e. The fourth-order valence-electron chi connectivity index (χ4n) is 2.75. The summed E-state index contributed by atoms with van der Waals surface area (Å²) in [7, 11) is 0. The number of nitrogens with zero attached hydrogens (tertiary/aromatic N) is 1. The maximum Gasteiger partial charge on any atom is 0.336 e. The SMILES string of the molecule is Cc1cc2oc(=O)cc(C)c2cc1N1CCCC1. The van der Waals surface area contributed by atoms with E-state index in [1.54, 1.807) is 6.07 Å². The molecule has 2 aromatic rings. The van der Waals surface area contributed by atoms with Crippen molar-refractivity contribution < 1.29 is 4.42 Å². The Morgan fingerprint density at radius 3 is 2.50 bits per heavy atom. The summed E-state index contributed by atoms with van der Waals surface area (Å²) in [4.78, 5) is 13.8. The highest BCUT2D eigenvalue weighted by molar-refractivity contribution is 5.85. The summed E-state index contributed by atoms with van der Waals surface area (Å²) < 4.78 is 5.27. The molecule has 0 spiro atoms. The van der Waals surface area contributed by atoms with Crippen LogP contribution in [0, 0.1) is 13.8 Å². The topological polar surface area (TPSA) is 33.5 Å². The second-order valence-electron chi connectivity index (χ2n) is 5.08. The first-order valence-corrected chi connectivity index (χ1v) is 6.45. The average Bonchev–Trinajstić information content (AvgIpc) is 2.81. The van der Waals surface area contributed by atoms with Crippen molar-refractivity contribution >= 4 is 16.7 Å². The Bertz CT molecular complexity index is 651. The Balaban J connectivity index is 2.22. The quantitative estimate of drug-likeness (QED) is 0.722. The van der Waals surface area contributed by atoms with Crippen LogP contribution in [-0.4, -0.2) is 13.1 Å². The summed E-state index contributed by atoms with van der Waals surface area (Å²) in [6.07, 6.45) is 2.53. The molecule has 18 heavy (non-hydrogen) atoms. The zero-order valence-corrected chi connectivity index (χ0v) is 10.8. The van der Waals surface area contributed by atoms with Gasteiger partial charge in [0.25, 0.3) is 0 Å². The molecular weight excluding hydrogens is 226 g/mol. The van der Waals surface area contributed by atoms with Gasteiger partial charge in [-0.05, 0) is 49.9 Å². The van der Waals surface area contributed by atoms with Gasteiger partial charge in [0.15, 0.2) is 0 Å². The molecule has 0 aliphatic carbocycles. The number of rotatable bonds is 1. The average molecular weight is 243 g/mol. The summed E-state index contributed by atoms with van der Waals surface area (Å²) in [5, 5.41) is 1.04. The minimum absolute atomic E-state index is 0.270. The van der Waals surface area contributed by atoms with Crippen LogP contribution in [0.25, 0.3) is 11.0 Å². The third kappa shape index (κ3) is 1.80. The van der Waals surface area contributed by atoms with Gasteiger partial charge in [0, 0.05) is 30.2 Å². The van der Waals surface area contributed by atoms with Gasteiger partial charge in [-0.2, -0.15) is 0 Å². The third-order valence-electron chi connectivity index (χ3n) is 3.71. The van der Waals surface area contributed by atoms with E-state index in [0.717, 1.165) is 24.0 Å². The number of hydrogen-bond acceptors (Lipinski definition) is 3. The van der Waals surface area contributed by atoms with Gasteiger partial charge in [-0.25, -0.2) is 4.79 Å². The molecule has 1 saturated heterocycles. The van der Waals surface area contributed by atoms with E-state index in [0.29, 0.717) is 5.58 Å². The van der Waals surface area contributed by atoms with E-state index in [4.69, 9.17) is 4.42 Å². The summed E-state index contributed by atoms with van der Waals surface area (Å²) in [6.45, 7) is 6.29. The molecule has 0 saturated carbocycles. The number of aryl methyl sites for hydroxylation is 2. The zero-order chi connectivity index (χ0) is 12.7. The molecule has 1 aliphatic heterocycles. The van der Waals surface area contributed by atoms with Gasteiger partial charge in [-0.15, -0.1) is 0 Å². The second kappa shape index (κ2) is 4.16. The van der Waals surface area contributed by atoms with Crippen molar-refractivity contribution in [1.82, 2.24) is 0 Å². The molecule has 1 fully saturated rings. The predicted octanol–water partition coefficient (Wildman–Crippen LogP) is 3.01. The molecule has 0 atom stereocenters. The highest BCUT2D eigenvalue weighted by atomic mass is 16.4. The van der Waals surface area contributed by atoms with Crippen LogP contribution in [0.5, 0.6) is 0 Å². The lowest BCUT2D eigenvalue weighted by molar-refractivity contribution is 0.559. The lowest BCUT2D eigenvalue weighted by atomic mass is 10.1. The maximum absolute atomic E-state index is 11.4. The minimum Gasteiger partial charge on any atom is -0.423 e. The summed E-state index contributed by atoms with van der Waals surface area (Å²) in [6, 6.07) is 5.71. The predicted molar refractivity (Wildman–Crippen MR) is 73.4 cm³/mol. The van der Waals surface area contributed by atoms with Crippen molar-refractivity contribution in [2.75, 3.05) is 18.0 Å². The highest BCUT2D eigenvalue weighted by Crippen LogP contribution is 2.29. The molecular formula is C15H17NO2. The summed E-state index contributed by atoms with van der Waals surface area (Å²) >= 11 is 0. The molecule has 3 heteroatoms. The van der Waals surface area contributed by atoms with Crippen LogP contribution in [0.3, 0.4) is 0 Å². The van der Waals surface area contributed by atoms with Crippen LogP contribution in [0.2, 0.25) is 0 Å². The van der Waals surface area contributed by atoms with Gasteiger partial charge >= 0.3 is 5.63 Å². The van der Waals surface area contributed by atoms with E-state index in [-0.39, 0.29) is 5.63 Å². The number of fused-ring (bicyclic) bond motifs is 1. The van der Waals surface area contributed by atoms with E-state index in [2.05, 4.69) is 17.9 Å². The Labute approximate surface area is 106 Å². The Morgan fingerprint density at radius 1 is 1.06 bits per heavy atom. The van der Waals surface area contributed by atoms with Gasteiger partial charge in [0.05, 0.1) is 0 Å². The molecule has 94 valence electrons. The van der Waals surface area contributed by atoms with Gasteiger partial charge in [-0.1, -0.05) is 0 Å². The molecule has 1 aromatic heterocycles. The van der Waals surface area contributed by atoms with Crippen molar-refractivity contribution in [1.29, 1.82) is 0 Å². The largest absolute Gasteiger partial charge is 0.423 e. The minimum atomic E-state index is -0.270. The first kappa shape index (κ1) is 11.3. The molecule has 0 unspecified atom stereocenters. The summed E-state index contributed by atoms with van der Waals surface area (Å²) in [5.74, 6) is 0. The number of hydrogen-bond donors (Lipinski definition) is 0. The van der Waals surface area contributed by atoms with Crippen LogP contribution in [0.1, 0.15) is 24.0 Å². The standard InChI is InChI=1S/C15H17NO2/c1-10-8-15(17)18-14-7-11(2)13(9-12(10)14)16-5-3-4-6-16/h7-9H,3-6H2,1-2H3. The van der Waals surface area contributed by atoms with Crippen molar-refractivity contribution in [3.63, 3.8) is 0 Å². The lowest BCUT2D eigenvalue weighted by Gasteiger charge is -2.20. The highest BCUT2D eigenvalue weighted by Gasteiger charge is 2.16. The van der Waals surface area contributed by atoms with Crippen molar-refractivity contribution in [2.45, 2.75) is 26.7 Å². The van der Waals surface area contributed by atoms with Gasteiger partial charge in [0.1, 0.15) is 5.58 Å². The number of anilines is 1. The van der Waals surface area contributed by atoms with E-state index in [1.807, 2.05) is 13.0 Å². The van der Waals surface area contributed by atoms with Crippen LogP contribution in [0.15, 0.2) is 27.4 Å².